The lowest BCUT2D eigenvalue weighted by Gasteiger charge is -2.32. The van der Waals surface area contributed by atoms with Gasteiger partial charge in [-0.1, -0.05) is 17.8 Å². The summed E-state index contributed by atoms with van der Waals surface area (Å²) in [4.78, 5) is 16.9. The number of hydrogen-bond acceptors (Lipinski definition) is 6. The van der Waals surface area contributed by atoms with E-state index < -0.39 is 16.1 Å². The van der Waals surface area contributed by atoms with E-state index in [1.54, 1.807) is 13.2 Å². The summed E-state index contributed by atoms with van der Waals surface area (Å²) in [5.74, 6) is 0.394. The van der Waals surface area contributed by atoms with Crippen LogP contribution < -0.4 is 10.1 Å². The zero-order valence-electron chi connectivity index (χ0n) is 13.5. The molecule has 1 aromatic carbocycles. The van der Waals surface area contributed by atoms with Crippen LogP contribution >= 0.6 is 11.3 Å². The van der Waals surface area contributed by atoms with Crippen molar-refractivity contribution in [3.8, 4) is 5.75 Å². The third-order valence-electron chi connectivity index (χ3n) is 4.01. The first kappa shape index (κ1) is 17.1. The fourth-order valence-corrected chi connectivity index (χ4v) is 4.86. The van der Waals surface area contributed by atoms with Crippen LogP contribution in [0.1, 0.15) is 19.3 Å². The number of carbonyl (C=O) groups is 1. The lowest BCUT2D eigenvalue weighted by molar-refractivity contribution is -0.120. The Morgan fingerprint density at radius 1 is 1.42 bits per heavy atom. The molecule has 1 N–H and O–H groups in total. The summed E-state index contributed by atoms with van der Waals surface area (Å²) >= 11 is 1.34. The molecule has 3 rings (SSSR count). The molecule has 2 aromatic rings. The van der Waals surface area contributed by atoms with Gasteiger partial charge >= 0.3 is 0 Å². The molecule has 0 aliphatic carbocycles. The highest BCUT2D eigenvalue weighted by molar-refractivity contribution is 7.88. The van der Waals surface area contributed by atoms with Crippen LogP contribution in [-0.2, 0) is 14.8 Å². The molecular formula is C15H19N3O4S2. The van der Waals surface area contributed by atoms with E-state index in [4.69, 9.17) is 4.74 Å². The molecule has 1 saturated heterocycles. The predicted octanol–water partition coefficient (Wildman–Crippen LogP) is 2.06. The minimum Gasteiger partial charge on any atom is -0.497 e. The summed E-state index contributed by atoms with van der Waals surface area (Å²) in [5, 5.41) is 3.22. The van der Waals surface area contributed by atoms with Gasteiger partial charge in [-0.2, -0.15) is 4.31 Å². The Hall–Kier alpha value is -1.71. The number of carbonyl (C=O) groups excluding carboxylic acids is 1. The Balaban J connectivity index is 1.80. The van der Waals surface area contributed by atoms with Crippen molar-refractivity contribution < 1.29 is 17.9 Å². The van der Waals surface area contributed by atoms with E-state index in [1.807, 2.05) is 12.1 Å². The zero-order chi connectivity index (χ0) is 17.3. The van der Waals surface area contributed by atoms with E-state index in [0.717, 1.165) is 35.1 Å². The molecule has 1 fully saturated rings. The minimum atomic E-state index is -3.41. The second kappa shape index (κ2) is 6.66. The van der Waals surface area contributed by atoms with Gasteiger partial charge in [0.2, 0.25) is 15.9 Å². The average molecular weight is 369 g/mol. The van der Waals surface area contributed by atoms with E-state index >= 15 is 0 Å². The maximum absolute atomic E-state index is 12.5. The first-order valence-corrected chi connectivity index (χ1v) is 10.3. The Kier molecular flexibility index (Phi) is 4.75. The molecule has 1 aliphatic heterocycles. The van der Waals surface area contributed by atoms with Crippen molar-refractivity contribution in [3.63, 3.8) is 0 Å². The zero-order valence-corrected chi connectivity index (χ0v) is 15.1. The molecule has 1 aliphatic rings. The molecular weight excluding hydrogens is 350 g/mol. The van der Waals surface area contributed by atoms with Crippen molar-refractivity contribution in [3.05, 3.63) is 18.2 Å². The smallest absolute Gasteiger partial charge is 0.244 e. The number of fused-ring (bicyclic) bond motifs is 1. The number of aromatic nitrogens is 1. The molecule has 9 heteroatoms. The number of nitrogens with zero attached hydrogens (tertiary/aromatic N) is 2. The molecule has 0 bridgehead atoms. The van der Waals surface area contributed by atoms with Gasteiger partial charge in [0, 0.05) is 6.54 Å². The molecule has 1 atom stereocenters. The maximum Gasteiger partial charge on any atom is 0.244 e. The largest absolute Gasteiger partial charge is 0.497 e. The van der Waals surface area contributed by atoms with Gasteiger partial charge in [0.25, 0.3) is 0 Å². The number of thiazole rings is 1. The normalized spacial score (nSPS) is 19.3. The summed E-state index contributed by atoms with van der Waals surface area (Å²) in [6.07, 6.45) is 3.28. The third kappa shape index (κ3) is 3.52. The Morgan fingerprint density at radius 3 is 2.92 bits per heavy atom. The quantitative estimate of drug-likeness (QED) is 0.891. The van der Waals surface area contributed by atoms with Crippen LogP contribution in [0.25, 0.3) is 10.2 Å². The number of nitrogens with one attached hydrogen (secondary N) is 1. The molecule has 0 unspecified atom stereocenters. The highest BCUT2D eigenvalue weighted by atomic mass is 32.2. The van der Waals surface area contributed by atoms with Crippen molar-refractivity contribution >= 4 is 42.6 Å². The first-order chi connectivity index (χ1) is 11.4. The highest BCUT2D eigenvalue weighted by Gasteiger charge is 2.34. The number of amides is 1. The molecule has 0 saturated carbocycles. The van der Waals surface area contributed by atoms with E-state index in [-0.39, 0.29) is 5.91 Å². The van der Waals surface area contributed by atoms with Crippen molar-refractivity contribution in [2.75, 3.05) is 25.2 Å². The molecule has 130 valence electrons. The number of anilines is 1. The van der Waals surface area contributed by atoms with Crippen molar-refractivity contribution in [1.82, 2.24) is 9.29 Å². The Bertz CT molecular complexity index is 863. The van der Waals surface area contributed by atoms with Gasteiger partial charge in [0.05, 0.1) is 23.6 Å². The van der Waals surface area contributed by atoms with Gasteiger partial charge in [0.15, 0.2) is 5.13 Å². The number of rotatable bonds is 4. The molecule has 0 spiro atoms. The van der Waals surface area contributed by atoms with Crippen LogP contribution in [0.5, 0.6) is 5.75 Å². The van der Waals surface area contributed by atoms with Crippen LogP contribution in [0.3, 0.4) is 0 Å². The van der Waals surface area contributed by atoms with Crippen LogP contribution in [0.15, 0.2) is 18.2 Å². The van der Waals surface area contributed by atoms with E-state index in [9.17, 15) is 13.2 Å². The molecule has 0 radical (unpaired) electrons. The van der Waals surface area contributed by atoms with Crippen LogP contribution in [-0.4, -0.2) is 49.6 Å². The highest BCUT2D eigenvalue weighted by Crippen LogP contribution is 2.30. The van der Waals surface area contributed by atoms with Crippen molar-refractivity contribution in [2.45, 2.75) is 25.3 Å². The van der Waals surface area contributed by atoms with Gasteiger partial charge in [-0.05, 0) is 31.0 Å². The fraction of sp³-hybridized carbons (Fsp3) is 0.467. The number of methoxy groups -OCH3 is 1. The molecule has 1 amide bonds. The number of piperidine rings is 1. The van der Waals surface area contributed by atoms with Gasteiger partial charge in [-0.15, -0.1) is 0 Å². The van der Waals surface area contributed by atoms with Gasteiger partial charge in [0.1, 0.15) is 11.8 Å². The predicted molar refractivity (Wildman–Crippen MR) is 94.0 cm³/mol. The van der Waals surface area contributed by atoms with Crippen LogP contribution in [0.4, 0.5) is 5.13 Å². The first-order valence-electron chi connectivity index (χ1n) is 7.61. The summed E-state index contributed by atoms with van der Waals surface area (Å²) < 4.78 is 31.1. The summed E-state index contributed by atoms with van der Waals surface area (Å²) in [6.45, 7) is 0.383. The molecule has 2 heterocycles. The SMILES string of the molecule is COc1ccc2nc(NC(=O)[C@@H]3CCCCN3S(C)(=O)=O)sc2c1. The number of benzene rings is 1. The van der Waals surface area contributed by atoms with Crippen molar-refractivity contribution in [1.29, 1.82) is 0 Å². The van der Waals surface area contributed by atoms with Crippen LogP contribution in [0, 0.1) is 0 Å². The van der Waals surface area contributed by atoms with E-state index in [1.165, 1.54) is 15.6 Å². The minimum absolute atomic E-state index is 0.328. The lowest BCUT2D eigenvalue weighted by Crippen LogP contribution is -2.49. The summed E-state index contributed by atoms with van der Waals surface area (Å²) in [5.41, 5.74) is 0.764. The Labute approximate surface area is 144 Å². The van der Waals surface area contributed by atoms with Gasteiger partial charge in [-0.25, -0.2) is 13.4 Å². The molecule has 7 nitrogen and oxygen atoms in total. The number of ether oxygens (including phenoxy) is 1. The maximum atomic E-state index is 12.5. The standard InChI is InChI=1S/C15H19N3O4S2/c1-22-10-6-7-11-13(9-10)23-15(16-11)17-14(19)12-5-3-4-8-18(12)24(2,20)21/h6-7,9,12H,3-5,8H2,1-2H3,(H,16,17,19)/t12-/m0/s1. The number of hydrogen-bond donors (Lipinski definition) is 1. The Morgan fingerprint density at radius 2 is 2.21 bits per heavy atom. The summed E-state index contributed by atoms with van der Waals surface area (Å²) in [7, 11) is -1.82. The van der Waals surface area contributed by atoms with E-state index in [0.29, 0.717) is 18.1 Å². The third-order valence-corrected chi connectivity index (χ3v) is 6.23. The second-order valence-electron chi connectivity index (χ2n) is 5.73. The average Bonchev–Trinajstić information content (AvgIpc) is 2.95. The topological polar surface area (TPSA) is 88.6 Å². The fourth-order valence-electron chi connectivity index (χ4n) is 2.84. The second-order valence-corrected chi connectivity index (χ2v) is 8.69. The molecule has 1 aromatic heterocycles. The van der Waals surface area contributed by atoms with Crippen molar-refractivity contribution in [2.24, 2.45) is 0 Å². The molecule has 24 heavy (non-hydrogen) atoms. The van der Waals surface area contributed by atoms with Crippen LogP contribution in [0.2, 0.25) is 0 Å². The summed E-state index contributed by atoms with van der Waals surface area (Å²) in [6, 6.07) is 4.81. The number of sulfonamides is 1. The monoisotopic (exact) mass is 369 g/mol. The lowest BCUT2D eigenvalue weighted by atomic mass is 10.0. The van der Waals surface area contributed by atoms with Gasteiger partial charge in [-0.3, -0.25) is 4.79 Å². The van der Waals surface area contributed by atoms with Gasteiger partial charge < -0.3 is 10.1 Å². The van der Waals surface area contributed by atoms with E-state index in [2.05, 4.69) is 10.3 Å².